The number of hydrogen-bond acceptors (Lipinski definition) is 7. The summed E-state index contributed by atoms with van der Waals surface area (Å²) in [6.07, 6.45) is 1.20. The maximum absolute atomic E-state index is 12.7. The molecule has 0 saturated heterocycles. The SMILES string of the molecule is COC(=O)[C@H](Cc1c[nH]c2ccccc12)NC(=O)[C@H](C)NC(=O)[C@H](CS)NC(=O)OC(C)(C)C. The Bertz CT molecular complexity index is 1030. The van der Waals surface area contributed by atoms with Gasteiger partial charge >= 0.3 is 12.1 Å². The summed E-state index contributed by atoms with van der Waals surface area (Å²) < 4.78 is 10.00. The smallest absolute Gasteiger partial charge is 0.408 e. The maximum Gasteiger partial charge on any atom is 0.408 e. The monoisotopic (exact) mass is 492 g/mol. The van der Waals surface area contributed by atoms with Gasteiger partial charge in [0, 0.05) is 29.3 Å². The average molecular weight is 493 g/mol. The van der Waals surface area contributed by atoms with Gasteiger partial charge in [-0.05, 0) is 39.3 Å². The number of ether oxygens (including phenoxy) is 2. The predicted molar refractivity (Wildman–Crippen MR) is 131 cm³/mol. The van der Waals surface area contributed by atoms with Crippen molar-refractivity contribution < 1.29 is 28.7 Å². The number of fused-ring (bicyclic) bond motifs is 1. The number of thiol groups is 1. The number of rotatable bonds is 9. The van der Waals surface area contributed by atoms with Crippen molar-refractivity contribution in [1.82, 2.24) is 20.9 Å². The molecule has 0 saturated carbocycles. The van der Waals surface area contributed by atoms with Crippen molar-refractivity contribution in [3.8, 4) is 0 Å². The van der Waals surface area contributed by atoms with Crippen molar-refractivity contribution >= 4 is 47.4 Å². The van der Waals surface area contributed by atoms with E-state index in [0.29, 0.717) is 0 Å². The molecule has 0 unspecified atom stereocenters. The minimum atomic E-state index is -1.02. The molecule has 0 aliphatic rings. The van der Waals surface area contributed by atoms with Crippen LogP contribution in [0.3, 0.4) is 0 Å². The summed E-state index contributed by atoms with van der Waals surface area (Å²) in [6.45, 7) is 6.56. The minimum absolute atomic E-state index is 0.00916. The number of amides is 3. The van der Waals surface area contributed by atoms with E-state index < -0.39 is 47.6 Å². The molecule has 0 radical (unpaired) electrons. The molecular weight excluding hydrogens is 460 g/mol. The van der Waals surface area contributed by atoms with E-state index in [0.717, 1.165) is 16.5 Å². The van der Waals surface area contributed by atoms with Gasteiger partial charge in [0.05, 0.1) is 7.11 Å². The van der Waals surface area contributed by atoms with Gasteiger partial charge in [0.2, 0.25) is 11.8 Å². The molecule has 34 heavy (non-hydrogen) atoms. The first-order valence-corrected chi connectivity index (χ1v) is 11.4. The number of aromatic amines is 1. The second-order valence-electron chi connectivity index (χ2n) is 8.76. The first-order chi connectivity index (χ1) is 15.9. The van der Waals surface area contributed by atoms with Crippen LogP contribution in [0, 0.1) is 0 Å². The second kappa shape index (κ2) is 11.8. The van der Waals surface area contributed by atoms with Crippen molar-refractivity contribution in [2.24, 2.45) is 0 Å². The van der Waals surface area contributed by atoms with Crippen LogP contribution >= 0.6 is 12.6 Å². The van der Waals surface area contributed by atoms with Crippen LogP contribution in [0.5, 0.6) is 0 Å². The fraction of sp³-hybridized carbons (Fsp3) is 0.478. The van der Waals surface area contributed by atoms with E-state index in [2.05, 4.69) is 33.6 Å². The predicted octanol–water partition coefficient (Wildman–Crippen LogP) is 1.70. The molecule has 4 N–H and O–H groups in total. The van der Waals surface area contributed by atoms with E-state index in [1.807, 2.05) is 24.3 Å². The third kappa shape index (κ3) is 7.68. The molecule has 3 atom stereocenters. The Balaban J connectivity index is 2.02. The lowest BCUT2D eigenvalue weighted by molar-refractivity contribution is -0.145. The van der Waals surface area contributed by atoms with Crippen LogP contribution in [0.4, 0.5) is 4.79 Å². The summed E-state index contributed by atoms with van der Waals surface area (Å²) in [7, 11) is 1.24. The largest absolute Gasteiger partial charge is 0.467 e. The van der Waals surface area contributed by atoms with E-state index in [4.69, 9.17) is 9.47 Å². The van der Waals surface area contributed by atoms with Gasteiger partial charge in [-0.15, -0.1) is 0 Å². The molecular formula is C23H32N4O6S. The van der Waals surface area contributed by atoms with Gasteiger partial charge in [0.25, 0.3) is 0 Å². The van der Waals surface area contributed by atoms with Crippen LogP contribution in [-0.2, 0) is 30.3 Å². The Morgan fingerprint density at radius 2 is 1.71 bits per heavy atom. The summed E-state index contributed by atoms with van der Waals surface area (Å²) in [5, 5.41) is 8.50. The highest BCUT2D eigenvalue weighted by molar-refractivity contribution is 7.80. The summed E-state index contributed by atoms with van der Waals surface area (Å²) >= 11 is 4.09. The molecule has 0 aliphatic carbocycles. The van der Waals surface area contributed by atoms with E-state index in [1.165, 1.54) is 14.0 Å². The summed E-state index contributed by atoms with van der Waals surface area (Å²) in [4.78, 5) is 52.7. The van der Waals surface area contributed by atoms with Crippen molar-refractivity contribution in [2.75, 3.05) is 12.9 Å². The zero-order chi connectivity index (χ0) is 25.5. The van der Waals surface area contributed by atoms with E-state index >= 15 is 0 Å². The summed E-state index contributed by atoms with van der Waals surface area (Å²) in [5.74, 6) is -1.82. The Morgan fingerprint density at radius 3 is 2.32 bits per heavy atom. The lowest BCUT2D eigenvalue weighted by atomic mass is 10.0. The molecule has 10 nitrogen and oxygen atoms in total. The highest BCUT2D eigenvalue weighted by Crippen LogP contribution is 2.19. The summed E-state index contributed by atoms with van der Waals surface area (Å²) in [5.41, 5.74) is 1.01. The Kier molecular flexibility index (Phi) is 9.36. The number of alkyl carbamates (subject to hydrolysis) is 1. The molecule has 2 rings (SSSR count). The van der Waals surface area contributed by atoms with Gasteiger partial charge < -0.3 is 30.4 Å². The molecule has 1 heterocycles. The molecule has 11 heteroatoms. The van der Waals surface area contributed by atoms with Crippen LogP contribution in [0.1, 0.15) is 33.3 Å². The highest BCUT2D eigenvalue weighted by Gasteiger charge is 2.29. The third-order valence-electron chi connectivity index (χ3n) is 4.84. The van der Waals surface area contributed by atoms with Gasteiger partial charge in [-0.25, -0.2) is 9.59 Å². The molecule has 186 valence electrons. The van der Waals surface area contributed by atoms with E-state index in [1.54, 1.807) is 27.0 Å². The van der Waals surface area contributed by atoms with Crippen molar-refractivity contribution in [3.63, 3.8) is 0 Å². The van der Waals surface area contributed by atoms with Gasteiger partial charge in [0.15, 0.2) is 0 Å². The van der Waals surface area contributed by atoms with Crippen LogP contribution in [-0.4, -0.2) is 65.5 Å². The Labute approximate surface area is 203 Å². The topological polar surface area (TPSA) is 139 Å². The van der Waals surface area contributed by atoms with Crippen molar-refractivity contribution in [2.45, 2.75) is 57.8 Å². The van der Waals surface area contributed by atoms with Crippen molar-refractivity contribution in [1.29, 1.82) is 0 Å². The lowest BCUT2D eigenvalue weighted by Gasteiger charge is -2.24. The molecule has 0 aliphatic heterocycles. The summed E-state index contributed by atoms with van der Waals surface area (Å²) in [6, 6.07) is 4.62. The highest BCUT2D eigenvalue weighted by atomic mass is 32.1. The first-order valence-electron chi connectivity index (χ1n) is 10.8. The van der Waals surface area contributed by atoms with Gasteiger partial charge in [-0.1, -0.05) is 18.2 Å². The number of esters is 1. The number of carbonyl (C=O) groups is 4. The zero-order valence-electron chi connectivity index (χ0n) is 19.9. The zero-order valence-corrected chi connectivity index (χ0v) is 20.8. The maximum atomic E-state index is 12.7. The number of methoxy groups -OCH3 is 1. The quantitative estimate of drug-likeness (QED) is 0.267. The molecule has 0 spiro atoms. The molecule has 1 aromatic heterocycles. The minimum Gasteiger partial charge on any atom is -0.467 e. The molecule has 0 bridgehead atoms. The number of para-hydroxylation sites is 1. The Morgan fingerprint density at radius 1 is 1.03 bits per heavy atom. The number of carbonyl (C=O) groups excluding carboxylic acids is 4. The first kappa shape index (κ1) is 27.0. The molecule has 1 aromatic carbocycles. The molecule has 0 fully saturated rings. The fourth-order valence-electron chi connectivity index (χ4n) is 3.18. The fourth-order valence-corrected chi connectivity index (χ4v) is 3.43. The average Bonchev–Trinajstić information content (AvgIpc) is 3.17. The Hall–Kier alpha value is -3.21. The second-order valence-corrected chi connectivity index (χ2v) is 9.12. The van der Waals surface area contributed by atoms with Gasteiger partial charge in [-0.3, -0.25) is 9.59 Å². The molecule has 3 amide bonds. The van der Waals surface area contributed by atoms with Gasteiger partial charge in [-0.2, -0.15) is 12.6 Å². The van der Waals surface area contributed by atoms with Crippen LogP contribution in [0.2, 0.25) is 0 Å². The standard InChI is InChI=1S/C23H32N4O6S/c1-13(25-20(29)18(12-34)27-22(31)33-23(2,3)4)19(28)26-17(21(30)32-5)10-14-11-24-16-9-7-6-8-15(14)16/h6-9,11,13,17-18,24,34H,10,12H2,1-5H3,(H,25,29)(H,26,28)(H,27,31)/t13-,17-,18-/m0/s1. The number of H-pyrrole nitrogens is 1. The van der Waals surface area contributed by atoms with E-state index in [-0.39, 0.29) is 12.2 Å². The normalized spacial score (nSPS) is 13.9. The van der Waals surface area contributed by atoms with Crippen LogP contribution < -0.4 is 16.0 Å². The third-order valence-corrected chi connectivity index (χ3v) is 5.21. The number of benzene rings is 1. The van der Waals surface area contributed by atoms with E-state index in [9.17, 15) is 19.2 Å². The number of hydrogen-bond donors (Lipinski definition) is 5. The van der Waals surface area contributed by atoms with Crippen LogP contribution in [0.15, 0.2) is 30.5 Å². The van der Waals surface area contributed by atoms with Gasteiger partial charge in [0.1, 0.15) is 23.7 Å². The number of nitrogens with one attached hydrogen (secondary N) is 4. The number of aromatic nitrogens is 1. The van der Waals surface area contributed by atoms with Crippen LogP contribution in [0.25, 0.3) is 10.9 Å². The van der Waals surface area contributed by atoms with Crippen molar-refractivity contribution in [3.05, 3.63) is 36.0 Å². The lowest BCUT2D eigenvalue weighted by Crippen LogP contribution is -2.56. The molecule has 2 aromatic rings.